The van der Waals surface area contributed by atoms with Gasteiger partial charge in [0.25, 0.3) is 0 Å². The molecule has 0 saturated carbocycles. The quantitative estimate of drug-likeness (QED) is 0.711. The highest BCUT2D eigenvalue weighted by molar-refractivity contribution is 5.97. The first kappa shape index (κ1) is 9.97. The molecule has 2 heteroatoms. The number of fused-ring (bicyclic) bond motifs is 1. The fourth-order valence-corrected chi connectivity index (χ4v) is 1.59. The summed E-state index contributed by atoms with van der Waals surface area (Å²) in [5.41, 5.74) is 0.782. The summed E-state index contributed by atoms with van der Waals surface area (Å²) >= 11 is 0. The first-order chi connectivity index (χ1) is 7.16. The number of furan rings is 1. The predicted molar refractivity (Wildman–Crippen MR) is 60.0 cm³/mol. The van der Waals surface area contributed by atoms with Crippen LogP contribution in [0.2, 0.25) is 0 Å². The number of carbonyl (C=O) groups excluding carboxylic acids is 1. The number of Topliss-reactive ketones (excluding diaryl/α,β-unsaturated/α-hetero) is 1. The lowest BCUT2D eigenvalue weighted by molar-refractivity contribution is 0.0943. The minimum Gasteiger partial charge on any atom is -0.453 e. The van der Waals surface area contributed by atoms with E-state index >= 15 is 0 Å². The number of rotatable bonds is 3. The van der Waals surface area contributed by atoms with Crippen molar-refractivity contribution in [3.05, 3.63) is 36.1 Å². The lowest BCUT2D eigenvalue weighted by atomic mass is 10.1. The van der Waals surface area contributed by atoms with Crippen molar-refractivity contribution < 1.29 is 9.21 Å². The molecule has 15 heavy (non-hydrogen) atoms. The van der Waals surface area contributed by atoms with Crippen LogP contribution in [0.5, 0.6) is 0 Å². The number of carbonyl (C=O) groups is 1. The molecule has 1 aromatic carbocycles. The molecule has 2 nitrogen and oxygen atoms in total. The van der Waals surface area contributed by atoms with Gasteiger partial charge < -0.3 is 4.42 Å². The lowest BCUT2D eigenvalue weighted by Crippen LogP contribution is -2.01. The zero-order valence-electron chi connectivity index (χ0n) is 8.99. The lowest BCUT2D eigenvalue weighted by Gasteiger charge is -1.99. The third-order valence-electron chi connectivity index (χ3n) is 2.29. The molecule has 2 rings (SSSR count). The topological polar surface area (TPSA) is 30.2 Å². The normalized spacial score (nSPS) is 11.1. The van der Waals surface area contributed by atoms with E-state index in [1.54, 1.807) is 0 Å². The maximum Gasteiger partial charge on any atom is 0.198 e. The molecule has 0 radical (unpaired) electrons. The standard InChI is InChI=1S/C13H14O2/c1-9(2)7-11(14)13-8-10-5-3-4-6-12(10)15-13/h3-6,8-9H,7H2,1-2H3. The van der Waals surface area contributed by atoms with Crippen LogP contribution in [0.1, 0.15) is 30.8 Å². The van der Waals surface area contributed by atoms with Gasteiger partial charge in [-0.1, -0.05) is 32.0 Å². The summed E-state index contributed by atoms with van der Waals surface area (Å²) in [4.78, 5) is 11.7. The number of ketones is 1. The third-order valence-corrected chi connectivity index (χ3v) is 2.29. The van der Waals surface area contributed by atoms with Gasteiger partial charge in [-0.2, -0.15) is 0 Å². The van der Waals surface area contributed by atoms with Crippen molar-refractivity contribution in [2.75, 3.05) is 0 Å². The Balaban J connectivity index is 2.32. The van der Waals surface area contributed by atoms with Gasteiger partial charge in [0, 0.05) is 11.8 Å². The molecule has 0 amide bonds. The van der Waals surface area contributed by atoms with E-state index < -0.39 is 0 Å². The van der Waals surface area contributed by atoms with E-state index in [0.717, 1.165) is 11.0 Å². The summed E-state index contributed by atoms with van der Waals surface area (Å²) in [5, 5.41) is 0.990. The minimum absolute atomic E-state index is 0.0844. The molecule has 1 heterocycles. The highest BCUT2D eigenvalue weighted by Gasteiger charge is 2.13. The molecular weight excluding hydrogens is 188 g/mol. The molecule has 0 spiro atoms. The maximum absolute atomic E-state index is 11.7. The Morgan fingerprint density at radius 3 is 2.73 bits per heavy atom. The summed E-state index contributed by atoms with van der Waals surface area (Å²) in [6.07, 6.45) is 0.541. The van der Waals surface area contributed by atoms with Gasteiger partial charge in [-0.05, 0) is 18.1 Å². The smallest absolute Gasteiger partial charge is 0.198 e. The second kappa shape index (κ2) is 3.89. The number of benzene rings is 1. The van der Waals surface area contributed by atoms with Crippen LogP contribution in [-0.4, -0.2) is 5.78 Å². The molecule has 0 aliphatic heterocycles. The fraction of sp³-hybridized carbons (Fsp3) is 0.308. The van der Waals surface area contributed by atoms with E-state index in [-0.39, 0.29) is 5.78 Å². The Kier molecular flexibility index (Phi) is 2.58. The van der Waals surface area contributed by atoms with Crippen molar-refractivity contribution in [2.24, 2.45) is 5.92 Å². The SMILES string of the molecule is CC(C)CC(=O)c1cc2ccccc2o1. The molecule has 78 valence electrons. The van der Waals surface area contributed by atoms with Crippen molar-refractivity contribution in [2.45, 2.75) is 20.3 Å². The van der Waals surface area contributed by atoms with Crippen LogP contribution in [0.15, 0.2) is 34.7 Å². The number of hydrogen-bond donors (Lipinski definition) is 0. The molecule has 0 fully saturated rings. The van der Waals surface area contributed by atoms with Gasteiger partial charge in [0.1, 0.15) is 5.58 Å². The summed E-state index contributed by atoms with van der Waals surface area (Å²) in [6, 6.07) is 9.49. The largest absolute Gasteiger partial charge is 0.453 e. The Hall–Kier alpha value is -1.57. The summed E-state index contributed by atoms with van der Waals surface area (Å²) < 4.78 is 5.48. The minimum atomic E-state index is 0.0844. The molecule has 0 aliphatic carbocycles. The third kappa shape index (κ3) is 2.09. The van der Waals surface area contributed by atoms with E-state index in [4.69, 9.17) is 4.42 Å². The molecule has 2 aromatic rings. The van der Waals surface area contributed by atoms with E-state index in [9.17, 15) is 4.79 Å². The maximum atomic E-state index is 11.7. The zero-order valence-corrected chi connectivity index (χ0v) is 8.99. The van der Waals surface area contributed by atoms with Crippen molar-refractivity contribution in [1.82, 2.24) is 0 Å². The molecule has 0 bridgehead atoms. The van der Waals surface area contributed by atoms with Gasteiger partial charge in [-0.3, -0.25) is 4.79 Å². The van der Waals surface area contributed by atoms with Gasteiger partial charge in [0.2, 0.25) is 0 Å². The molecule has 0 saturated heterocycles. The van der Waals surface area contributed by atoms with Crippen LogP contribution in [0, 0.1) is 5.92 Å². The number of para-hydroxylation sites is 1. The predicted octanol–water partition coefficient (Wildman–Crippen LogP) is 3.66. The average Bonchev–Trinajstić information content (AvgIpc) is 2.59. The zero-order chi connectivity index (χ0) is 10.8. The summed E-state index contributed by atoms with van der Waals surface area (Å²) in [6.45, 7) is 4.06. The Bertz CT molecular complexity index is 447. The first-order valence-electron chi connectivity index (χ1n) is 5.18. The Morgan fingerprint density at radius 2 is 2.07 bits per heavy atom. The Labute approximate surface area is 88.9 Å². The van der Waals surface area contributed by atoms with Gasteiger partial charge in [0.15, 0.2) is 11.5 Å². The van der Waals surface area contributed by atoms with Crippen LogP contribution in [0.3, 0.4) is 0 Å². The molecule has 0 aliphatic rings. The van der Waals surface area contributed by atoms with Crippen LogP contribution < -0.4 is 0 Å². The molecular formula is C13H14O2. The molecule has 0 unspecified atom stereocenters. The van der Waals surface area contributed by atoms with E-state index in [2.05, 4.69) is 0 Å². The van der Waals surface area contributed by atoms with Crippen molar-refractivity contribution in [3.8, 4) is 0 Å². The highest BCUT2D eigenvalue weighted by atomic mass is 16.3. The van der Waals surface area contributed by atoms with E-state index in [1.807, 2.05) is 44.2 Å². The van der Waals surface area contributed by atoms with Crippen LogP contribution in [0.4, 0.5) is 0 Å². The highest BCUT2D eigenvalue weighted by Crippen LogP contribution is 2.20. The van der Waals surface area contributed by atoms with E-state index in [0.29, 0.717) is 18.1 Å². The monoisotopic (exact) mass is 202 g/mol. The van der Waals surface area contributed by atoms with Crippen LogP contribution >= 0.6 is 0 Å². The van der Waals surface area contributed by atoms with Crippen LogP contribution in [0.25, 0.3) is 11.0 Å². The number of hydrogen-bond acceptors (Lipinski definition) is 2. The first-order valence-corrected chi connectivity index (χ1v) is 5.18. The second-order valence-corrected chi connectivity index (χ2v) is 4.17. The van der Waals surface area contributed by atoms with Crippen molar-refractivity contribution in [3.63, 3.8) is 0 Å². The van der Waals surface area contributed by atoms with Crippen LogP contribution in [-0.2, 0) is 0 Å². The van der Waals surface area contributed by atoms with Gasteiger partial charge >= 0.3 is 0 Å². The molecule has 1 aromatic heterocycles. The average molecular weight is 202 g/mol. The summed E-state index contributed by atoms with van der Waals surface area (Å²) in [7, 11) is 0. The summed E-state index contributed by atoms with van der Waals surface area (Å²) in [5.74, 6) is 0.928. The van der Waals surface area contributed by atoms with Gasteiger partial charge in [0.05, 0.1) is 0 Å². The Morgan fingerprint density at radius 1 is 1.33 bits per heavy atom. The van der Waals surface area contributed by atoms with Gasteiger partial charge in [-0.25, -0.2) is 0 Å². The van der Waals surface area contributed by atoms with Crippen molar-refractivity contribution >= 4 is 16.8 Å². The van der Waals surface area contributed by atoms with E-state index in [1.165, 1.54) is 0 Å². The molecule has 0 atom stereocenters. The molecule has 0 N–H and O–H groups in total. The van der Waals surface area contributed by atoms with Gasteiger partial charge in [-0.15, -0.1) is 0 Å². The van der Waals surface area contributed by atoms with Crippen molar-refractivity contribution in [1.29, 1.82) is 0 Å². The fourth-order valence-electron chi connectivity index (χ4n) is 1.59. The second-order valence-electron chi connectivity index (χ2n) is 4.17.